The third-order valence-electron chi connectivity index (χ3n) is 2.12. The van der Waals surface area contributed by atoms with Gasteiger partial charge in [0.25, 0.3) is 0 Å². The molecule has 2 heterocycles. The number of rotatable bonds is 2. The molecule has 1 atom stereocenters. The Morgan fingerprint density at radius 2 is 2.36 bits per heavy atom. The van der Waals surface area contributed by atoms with Crippen molar-refractivity contribution in [2.75, 3.05) is 0 Å². The standard InChI is InChI=1S/C10H11N3O/c1-7(2)10(14)8-5-12-13-4-3-11-6-9(8)13/h3-6,10,14H,1H2,2H3. The van der Waals surface area contributed by atoms with Crippen LogP contribution in [-0.4, -0.2) is 19.7 Å². The Hall–Kier alpha value is -1.68. The number of aliphatic hydroxyl groups is 1. The molecule has 0 amide bonds. The number of aromatic nitrogens is 3. The zero-order chi connectivity index (χ0) is 10.1. The second kappa shape index (κ2) is 3.23. The molecule has 0 aliphatic rings. The summed E-state index contributed by atoms with van der Waals surface area (Å²) in [6.45, 7) is 5.49. The zero-order valence-electron chi connectivity index (χ0n) is 7.88. The number of aliphatic hydroxyl groups excluding tert-OH is 1. The molecule has 0 saturated heterocycles. The Balaban J connectivity index is 2.58. The van der Waals surface area contributed by atoms with Gasteiger partial charge in [-0.25, -0.2) is 4.52 Å². The van der Waals surface area contributed by atoms with Crippen LogP contribution in [-0.2, 0) is 0 Å². The molecule has 1 unspecified atom stereocenters. The average Bonchev–Trinajstić information content (AvgIpc) is 2.60. The maximum atomic E-state index is 9.80. The summed E-state index contributed by atoms with van der Waals surface area (Å²) in [7, 11) is 0. The van der Waals surface area contributed by atoms with Crippen molar-refractivity contribution in [1.82, 2.24) is 14.6 Å². The van der Waals surface area contributed by atoms with Crippen molar-refractivity contribution in [2.24, 2.45) is 0 Å². The van der Waals surface area contributed by atoms with Crippen LogP contribution in [0.3, 0.4) is 0 Å². The summed E-state index contributed by atoms with van der Waals surface area (Å²) in [6.07, 6.45) is 6.03. The molecule has 14 heavy (non-hydrogen) atoms. The summed E-state index contributed by atoms with van der Waals surface area (Å²) in [5.41, 5.74) is 2.25. The summed E-state index contributed by atoms with van der Waals surface area (Å²) in [6, 6.07) is 0. The van der Waals surface area contributed by atoms with E-state index in [0.29, 0.717) is 5.57 Å². The van der Waals surface area contributed by atoms with Gasteiger partial charge in [-0.2, -0.15) is 5.10 Å². The highest BCUT2D eigenvalue weighted by Gasteiger charge is 2.13. The van der Waals surface area contributed by atoms with Gasteiger partial charge in [-0.1, -0.05) is 6.58 Å². The van der Waals surface area contributed by atoms with E-state index < -0.39 is 6.10 Å². The molecule has 2 rings (SSSR count). The van der Waals surface area contributed by atoms with Crippen LogP contribution in [0.2, 0.25) is 0 Å². The first-order valence-corrected chi connectivity index (χ1v) is 4.31. The lowest BCUT2D eigenvalue weighted by molar-refractivity contribution is 0.218. The second-order valence-corrected chi connectivity index (χ2v) is 3.25. The Morgan fingerprint density at radius 3 is 3.07 bits per heavy atom. The maximum absolute atomic E-state index is 9.80. The minimum absolute atomic E-state index is 0.670. The van der Waals surface area contributed by atoms with Gasteiger partial charge < -0.3 is 5.11 Å². The number of nitrogens with zero attached hydrogens (tertiary/aromatic N) is 3. The van der Waals surface area contributed by atoms with Crippen molar-refractivity contribution >= 4 is 5.52 Å². The molecule has 1 N–H and O–H groups in total. The Bertz CT molecular complexity index is 475. The Kier molecular flexibility index (Phi) is 2.05. The zero-order valence-corrected chi connectivity index (χ0v) is 7.88. The predicted molar refractivity (Wildman–Crippen MR) is 52.8 cm³/mol. The number of hydrogen-bond donors (Lipinski definition) is 1. The van der Waals surface area contributed by atoms with Crippen molar-refractivity contribution in [1.29, 1.82) is 0 Å². The average molecular weight is 189 g/mol. The lowest BCUT2D eigenvalue weighted by Gasteiger charge is -2.07. The van der Waals surface area contributed by atoms with Crippen LogP contribution >= 0.6 is 0 Å². The molecular weight excluding hydrogens is 178 g/mol. The van der Waals surface area contributed by atoms with Gasteiger partial charge >= 0.3 is 0 Å². The van der Waals surface area contributed by atoms with Crippen LogP contribution in [0.1, 0.15) is 18.6 Å². The first kappa shape index (κ1) is 8.90. The maximum Gasteiger partial charge on any atom is 0.103 e. The quantitative estimate of drug-likeness (QED) is 0.725. The fourth-order valence-electron chi connectivity index (χ4n) is 1.33. The van der Waals surface area contributed by atoms with E-state index in [4.69, 9.17) is 0 Å². The fourth-order valence-corrected chi connectivity index (χ4v) is 1.33. The van der Waals surface area contributed by atoms with Crippen molar-refractivity contribution in [3.05, 3.63) is 42.5 Å². The highest BCUT2D eigenvalue weighted by atomic mass is 16.3. The summed E-state index contributed by atoms with van der Waals surface area (Å²) in [4.78, 5) is 3.99. The first-order valence-electron chi connectivity index (χ1n) is 4.31. The van der Waals surface area contributed by atoms with E-state index in [1.807, 2.05) is 0 Å². The monoisotopic (exact) mass is 189 g/mol. The first-order chi connectivity index (χ1) is 6.70. The van der Waals surface area contributed by atoms with E-state index in [1.165, 1.54) is 0 Å². The molecule has 4 nitrogen and oxygen atoms in total. The fraction of sp³-hybridized carbons (Fsp3) is 0.200. The molecule has 4 heteroatoms. The van der Waals surface area contributed by atoms with Gasteiger partial charge in [0.1, 0.15) is 6.10 Å². The third kappa shape index (κ3) is 1.29. The van der Waals surface area contributed by atoms with E-state index >= 15 is 0 Å². The lowest BCUT2D eigenvalue weighted by atomic mass is 10.1. The van der Waals surface area contributed by atoms with E-state index in [1.54, 1.807) is 36.2 Å². The van der Waals surface area contributed by atoms with Gasteiger partial charge in [-0.15, -0.1) is 0 Å². The Morgan fingerprint density at radius 1 is 1.57 bits per heavy atom. The SMILES string of the molecule is C=C(C)C(O)c1cnn2ccncc12. The summed E-state index contributed by atoms with van der Waals surface area (Å²) in [5, 5.41) is 13.9. The number of fused-ring (bicyclic) bond motifs is 1. The predicted octanol–water partition coefficient (Wildman–Crippen LogP) is 1.34. The van der Waals surface area contributed by atoms with Gasteiger partial charge in [-0.3, -0.25) is 4.98 Å². The van der Waals surface area contributed by atoms with Crippen LogP contribution in [0.5, 0.6) is 0 Å². The Labute approximate surface area is 81.5 Å². The van der Waals surface area contributed by atoms with Crippen LogP contribution in [0.15, 0.2) is 36.9 Å². The second-order valence-electron chi connectivity index (χ2n) is 3.25. The molecule has 2 aromatic rings. The van der Waals surface area contributed by atoms with Crippen molar-refractivity contribution in [2.45, 2.75) is 13.0 Å². The minimum atomic E-state index is -0.670. The normalized spacial score (nSPS) is 13.0. The molecule has 0 saturated carbocycles. The highest BCUT2D eigenvalue weighted by Crippen LogP contribution is 2.23. The summed E-state index contributed by atoms with van der Waals surface area (Å²) in [5.74, 6) is 0. The molecule has 72 valence electrons. The summed E-state index contributed by atoms with van der Waals surface area (Å²) >= 11 is 0. The van der Waals surface area contributed by atoms with E-state index in [-0.39, 0.29) is 0 Å². The van der Waals surface area contributed by atoms with Crippen molar-refractivity contribution in [3.63, 3.8) is 0 Å². The van der Waals surface area contributed by atoms with Crippen molar-refractivity contribution in [3.8, 4) is 0 Å². The molecule has 0 aliphatic carbocycles. The van der Waals surface area contributed by atoms with Gasteiger partial charge in [0.15, 0.2) is 0 Å². The topological polar surface area (TPSA) is 50.4 Å². The van der Waals surface area contributed by atoms with Crippen LogP contribution in [0, 0.1) is 0 Å². The minimum Gasteiger partial charge on any atom is -0.384 e. The van der Waals surface area contributed by atoms with Crippen molar-refractivity contribution < 1.29 is 5.11 Å². The molecule has 0 aliphatic heterocycles. The highest BCUT2D eigenvalue weighted by molar-refractivity contribution is 5.54. The van der Waals surface area contributed by atoms with Gasteiger partial charge in [0, 0.05) is 18.0 Å². The van der Waals surface area contributed by atoms with Gasteiger partial charge in [-0.05, 0) is 12.5 Å². The van der Waals surface area contributed by atoms with Crippen LogP contribution < -0.4 is 0 Å². The smallest absolute Gasteiger partial charge is 0.103 e. The van der Waals surface area contributed by atoms with Gasteiger partial charge in [0.05, 0.1) is 17.9 Å². The van der Waals surface area contributed by atoms with E-state index in [0.717, 1.165) is 11.1 Å². The van der Waals surface area contributed by atoms with Crippen LogP contribution in [0.4, 0.5) is 0 Å². The molecular formula is C10H11N3O. The van der Waals surface area contributed by atoms with E-state index in [9.17, 15) is 5.11 Å². The van der Waals surface area contributed by atoms with Gasteiger partial charge in [0.2, 0.25) is 0 Å². The third-order valence-corrected chi connectivity index (χ3v) is 2.12. The molecule has 0 spiro atoms. The molecule has 0 radical (unpaired) electrons. The lowest BCUT2D eigenvalue weighted by Crippen LogP contribution is -1.97. The molecule has 0 bridgehead atoms. The van der Waals surface area contributed by atoms with Crippen LogP contribution in [0.25, 0.3) is 5.52 Å². The summed E-state index contributed by atoms with van der Waals surface area (Å²) < 4.78 is 1.68. The number of hydrogen-bond acceptors (Lipinski definition) is 3. The molecule has 0 fully saturated rings. The van der Waals surface area contributed by atoms with E-state index in [2.05, 4.69) is 16.7 Å². The molecule has 0 aromatic carbocycles. The largest absolute Gasteiger partial charge is 0.384 e. The molecule has 2 aromatic heterocycles.